The first-order valence-electron chi connectivity index (χ1n) is 7.64. The molecule has 1 aliphatic rings. The van der Waals surface area contributed by atoms with E-state index in [2.05, 4.69) is 10.6 Å². The molecule has 2 heterocycles. The van der Waals surface area contributed by atoms with Gasteiger partial charge in [0.15, 0.2) is 0 Å². The van der Waals surface area contributed by atoms with Crippen LogP contribution in [0.3, 0.4) is 0 Å². The van der Waals surface area contributed by atoms with Gasteiger partial charge >= 0.3 is 6.03 Å². The Morgan fingerprint density at radius 2 is 1.83 bits per heavy atom. The van der Waals surface area contributed by atoms with E-state index >= 15 is 0 Å². The number of benzene rings is 1. The van der Waals surface area contributed by atoms with Gasteiger partial charge in [-0.15, -0.1) is 0 Å². The number of urea groups is 1. The van der Waals surface area contributed by atoms with Gasteiger partial charge in [-0.2, -0.15) is 0 Å². The Balaban J connectivity index is 1.69. The summed E-state index contributed by atoms with van der Waals surface area (Å²) in [7, 11) is -2.94. The van der Waals surface area contributed by atoms with Crippen molar-refractivity contribution in [2.24, 2.45) is 0 Å². The van der Waals surface area contributed by atoms with Crippen LogP contribution in [0.1, 0.15) is 12.8 Å². The van der Waals surface area contributed by atoms with Crippen LogP contribution in [-0.4, -0.2) is 36.6 Å². The largest absolute Gasteiger partial charge is 0.335 e. The van der Waals surface area contributed by atoms with Gasteiger partial charge in [-0.05, 0) is 43.2 Å². The minimum Gasteiger partial charge on any atom is -0.335 e. The van der Waals surface area contributed by atoms with Gasteiger partial charge in [0.2, 0.25) is 0 Å². The standard InChI is InChI=1S/C16H18ClN3O3S/c17-12-3-4-14(15(11-12)20-7-1-2-8-20)19-16(21)18-13-5-9-24(22,23)10-6-13/h1-4,7-8,11,13H,5-6,9-10H2,(H2,18,19,21). The van der Waals surface area contributed by atoms with Gasteiger partial charge in [0.25, 0.3) is 0 Å². The van der Waals surface area contributed by atoms with Gasteiger partial charge in [-0.3, -0.25) is 0 Å². The quantitative estimate of drug-likeness (QED) is 0.875. The van der Waals surface area contributed by atoms with Gasteiger partial charge < -0.3 is 15.2 Å². The number of nitrogens with one attached hydrogen (secondary N) is 2. The molecule has 3 rings (SSSR count). The van der Waals surface area contributed by atoms with E-state index in [-0.39, 0.29) is 23.6 Å². The number of halogens is 1. The van der Waals surface area contributed by atoms with Crippen LogP contribution in [0.5, 0.6) is 0 Å². The first-order chi connectivity index (χ1) is 11.4. The zero-order chi connectivity index (χ0) is 17.2. The molecular weight excluding hydrogens is 350 g/mol. The van der Waals surface area contributed by atoms with E-state index in [4.69, 9.17) is 11.6 Å². The number of rotatable bonds is 3. The highest BCUT2D eigenvalue weighted by atomic mass is 35.5. The van der Waals surface area contributed by atoms with Crippen LogP contribution < -0.4 is 10.6 Å². The summed E-state index contributed by atoms with van der Waals surface area (Å²) >= 11 is 6.05. The number of amides is 2. The van der Waals surface area contributed by atoms with Gasteiger partial charge in [0.1, 0.15) is 9.84 Å². The Morgan fingerprint density at radius 3 is 2.50 bits per heavy atom. The van der Waals surface area contributed by atoms with Crippen molar-refractivity contribution in [2.75, 3.05) is 16.8 Å². The molecule has 0 spiro atoms. The Bertz CT molecular complexity index is 820. The number of anilines is 1. The van der Waals surface area contributed by atoms with Crippen LogP contribution in [-0.2, 0) is 9.84 Å². The number of nitrogens with zero attached hydrogens (tertiary/aromatic N) is 1. The second kappa shape index (κ2) is 6.86. The van der Waals surface area contributed by atoms with Crippen LogP contribution >= 0.6 is 11.6 Å². The van der Waals surface area contributed by atoms with E-state index < -0.39 is 9.84 Å². The van der Waals surface area contributed by atoms with E-state index in [1.54, 1.807) is 18.2 Å². The Morgan fingerprint density at radius 1 is 1.17 bits per heavy atom. The summed E-state index contributed by atoms with van der Waals surface area (Å²) in [5.41, 5.74) is 1.38. The van der Waals surface area contributed by atoms with Crippen molar-refractivity contribution < 1.29 is 13.2 Å². The number of aromatic nitrogens is 1. The molecule has 0 unspecified atom stereocenters. The molecule has 2 amide bonds. The molecule has 0 saturated carbocycles. The zero-order valence-corrected chi connectivity index (χ0v) is 14.5. The Labute approximate surface area is 145 Å². The molecule has 1 aromatic carbocycles. The SMILES string of the molecule is O=C(Nc1ccc(Cl)cc1-n1cccc1)NC1CCS(=O)(=O)CC1. The Hall–Kier alpha value is -1.99. The maximum atomic E-state index is 12.2. The Kier molecular flexibility index (Phi) is 4.82. The summed E-state index contributed by atoms with van der Waals surface area (Å²) in [5.74, 6) is 0.237. The molecule has 8 heteroatoms. The van der Waals surface area contributed by atoms with E-state index in [1.165, 1.54) is 0 Å². The molecule has 2 N–H and O–H groups in total. The lowest BCUT2D eigenvalue weighted by Gasteiger charge is -2.23. The van der Waals surface area contributed by atoms with Gasteiger partial charge in [-0.1, -0.05) is 11.6 Å². The topological polar surface area (TPSA) is 80.2 Å². The van der Waals surface area contributed by atoms with Crippen LogP contribution in [0.15, 0.2) is 42.7 Å². The van der Waals surface area contributed by atoms with E-state index in [9.17, 15) is 13.2 Å². The fourth-order valence-corrected chi connectivity index (χ4v) is 4.36. The molecule has 0 aliphatic carbocycles. The van der Waals surface area contributed by atoms with E-state index in [1.807, 2.05) is 29.1 Å². The minimum atomic E-state index is -2.94. The highest BCUT2D eigenvalue weighted by molar-refractivity contribution is 7.91. The molecule has 1 saturated heterocycles. The third-order valence-electron chi connectivity index (χ3n) is 3.98. The zero-order valence-electron chi connectivity index (χ0n) is 12.9. The maximum absolute atomic E-state index is 12.2. The molecular formula is C16H18ClN3O3S. The summed E-state index contributed by atoms with van der Waals surface area (Å²) < 4.78 is 24.7. The van der Waals surface area contributed by atoms with Gasteiger partial charge in [0, 0.05) is 23.5 Å². The van der Waals surface area contributed by atoms with Gasteiger partial charge in [-0.25, -0.2) is 13.2 Å². The second-order valence-corrected chi connectivity index (χ2v) is 8.52. The lowest BCUT2D eigenvalue weighted by molar-refractivity contribution is 0.247. The van der Waals surface area contributed by atoms with E-state index in [0.717, 1.165) is 5.69 Å². The van der Waals surface area contributed by atoms with Crippen LogP contribution in [0.4, 0.5) is 10.5 Å². The fraction of sp³-hybridized carbons (Fsp3) is 0.312. The summed E-state index contributed by atoms with van der Waals surface area (Å²) in [6.07, 6.45) is 4.61. The molecule has 128 valence electrons. The average molecular weight is 368 g/mol. The molecule has 1 aromatic heterocycles. The molecule has 0 bridgehead atoms. The first kappa shape index (κ1) is 16.9. The van der Waals surface area contributed by atoms with Crippen molar-refractivity contribution >= 4 is 33.2 Å². The summed E-state index contributed by atoms with van der Waals surface area (Å²) in [5, 5.41) is 6.22. The van der Waals surface area contributed by atoms with Gasteiger partial charge in [0.05, 0.1) is 22.9 Å². The third-order valence-corrected chi connectivity index (χ3v) is 5.93. The predicted octanol–water partition coefficient (Wildman–Crippen LogP) is 2.83. The first-order valence-corrected chi connectivity index (χ1v) is 9.84. The van der Waals surface area contributed by atoms with Crippen molar-refractivity contribution in [1.82, 2.24) is 9.88 Å². The van der Waals surface area contributed by atoms with Crippen LogP contribution in [0.2, 0.25) is 5.02 Å². The van der Waals surface area contributed by atoms with Crippen molar-refractivity contribution in [3.63, 3.8) is 0 Å². The number of carbonyl (C=O) groups is 1. The number of sulfone groups is 1. The van der Waals surface area contributed by atoms with Crippen molar-refractivity contribution in [3.8, 4) is 5.69 Å². The lowest BCUT2D eigenvalue weighted by atomic mass is 10.1. The van der Waals surface area contributed by atoms with Crippen molar-refractivity contribution in [1.29, 1.82) is 0 Å². The molecule has 0 atom stereocenters. The summed E-state index contributed by atoms with van der Waals surface area (Å²) in [4.78, 5) is 12.2. The summed E-state index contributed by atoms with van der Waals surface area (Å²) in [6.45, 7) is 0. The highest BCUT2D eigenvalue weighted by Crippen LogP contribution is 2.24. The number of hydrogen-bond donors (Lipinski definition) is 2. The second-order valence-electron chi connectivity index (χ2n) is 5.78. The normalized spacial score (nSPS) is 17.4. The van der Waals surface area contributed by atoms with E-state index in [0.29, 0.717) is 23.6 Å². The third kappa shape index (κ3) is 4.10. The highest BCUT2D eigenvalue weighted by Gasteiger charge is 2.24. The number of hydrogen-bond acceptors (Lipinski definition) is 3. The van der Waals surface area contributed by atoms with Crippen LogP contribution in [0, 0.1) is 0 Å². The predicted molar refractivity (Wildman–Crippen MR) is 94.6 cm³/mol. The molecule has 6 nitrogen and oxygen atoms in total. The van der Waals surface area contributed by atoms with Crippen LogP contribution in [0.25, 0.3) is 5.69 Å². The van der Waals surface area contributed by atoms with Crippen molar-refractivity contribution in [3.05, 3.63) is 47.7 Å². The minimum absolute atomic E-state index is 0.119. The molecule has 24 heavy (non-hydrogen) atoms. The number of carbonyl (C=O) groups excluding carboxylic acids is 1. The molecule has 1 fully saturated rings. The lowest BCUT2D eigenvalue weighted by Crippen LogP contribution is -2.42. The smallest absolute Gasteiger partial charge is 0.319 e. The monoisotopic (exact) mass is 367 g/mol. The average Bonchev–Trinajstić information content (AvgIpc) is 3.05. The molecule has 1 aliphatic heterocycles. The van der Waals surface area contributed by atoms with Crippen molar-refractivity contribution in [2.45, 2.75) is 18.9 Å². The maximum Gasteiger partial charge on any atom is 0.319 e. The fourth-order valence-electron chi connectivity index (χ4n) is 2.70. The molecule has 2 aromatic rings. The molecule has 0 radical (unpaired) electrons. The summed E-state index contributed by atoms with van der Waals surface area (Å²) in [6, 6.07) is 8.50.